The zero-order valence-electron chi connectivity index (χ0n) is 14.8. The topological polar surface area (TPSA) is 114 Å². The molecule has 7 heteroatoms. The first-order valence-electron chi connectivity index (χ1n) is 8.86. The fourth-order valence-corrected chi connectivity index (χ4v) is 3.64. The summed E-state index contributed by atoms with van der Waals surface area (Å²) in [5, 5.41) is 14.9. The van der Waals surface area contributed by atoms with E-state index in [1.54, 1.807) is 6.20 Å². The Morgan fingerprint density at radius 3 is 2.96 bits per heavy atom. The van der Waals surface area contributed by atoms with E-state index < -0.39 is 0 Å². The molecule has 2 aromatic rings. The fourth-order valence-electron chi connectivity index (χ4n) is 3.64. The molecule has 0 saturated heterocycles. The van der Waals surface area contributed by atoms with Crippen LogP contribution in [-0.2, 0) is 11.2 Å². The predicted octanol–water partition coefficient (Wildman–Crippen LogP) is 3.02. The third kappa shape index (κ3) is 3.71. The van der Waals surface area contributed by atoms with E-state index >= 15 is 0 Å². The van der Waals surface area contributed by atoms with Crippen LogP contribution < -0.4 is 5.73 Å². The van der Waals surface area contributed by atoms with Crippen molar-refractivity contribution in [3.05, 3.63) is 23.8 Å². The van der Waals surface area contributed by atoms with Gasteiger partial charge >= 0.3 is 0 Å². The molecular weight excluding hydrogens is 316 g/mol. The van der Waals surface area contributed by atoms with Gasteiger partial charge in [-0.25, -0.2) is 9.97 Å². The monoisotopic (exact) mass is 342 g/mol. The molecular formula is C18H26N6O. The Morgan fingerprint density at radius 1 is 1.48 bits per heavy atom. The Labute approximate surface area is 147 Å². The molecule has 7 nitrogen and oxygen atoms in total. The quantitative estimate of drug-likeness (QED) is 0.572. The van der Waals surface area contributed by atoms with Gasteiger partial charge in [-0.1, -0.05) is 13.8 Å². The number of imidazole rings is 1. The lowest BCUT2D eigenvalue weighted by molar-refractivity contribution is 0.317. The van der Waals surface area contributed by atoms with Crippen molar-refractivity contribution in [2.45, 2.75) is 58.0 Å². The van der Waals surface area contributed by atoms with E-state index in [-0.39, 0.29) is 11.9 Å². The molecule has 134 valence electrons. The molecule has 1 saturated carbocycles. The lowest BCUT2D eigenvalue weighted by Gasteiger charge is -2.29. The molecule has 0 bridgehead atoms. The van der Waals surface area contributed by atoms with Crippen LogP contribution in [0, 0.1) is 16.7 Å². The molecule has 0 amide bonds. The largest absolute Gasteiger partial charge is 0.426 e. The van der Waals surface area contributed by atoms with Crippen LogP contribution in [0.25, 0.3) is 11.0 Å². The molecule has 0 spiro atoms. The normalized spacial score (nSPS) is 20.8. The van der Waals surface area contributed by atoms with Gasteiger partial charge in [0, 0.05) is 18.5 Å². The number of hydrogen-bond donors (Lipinski definition) is 3. The molecule has 2 heterocycles. The third-order valence-electron chi connectivity index (χ3n) is 4.70. The number of fused-ring (bicyclic) bond motifs is 1. The minimum absolute atomic E-state index is 0.129. The van der Waals surface area contributed by atoms with Gasteiger partial charge in [-0.3, -0.25) is 10.8 Å². The Bertz CT molecular complexity index is 781. The maximum atomic E-state index is 7.89. The highest BCUT2D eigenvalue weighted by Gasteiger charge is 2.25. The molecule has 2 aromatic heterocycles. The lowest BCUT2D eigenvalue weighted by Crippen LogP contribution is -2.30. The van der Waals surface area contributed by atoms with Crippen LogP contribution in [0.4, 0.5) is 0 Å². The van der Waals surface area contributed by atoms with E-state index in [2.05, 4.69) is 23.4 Å². The fraction of sp³-hybridized carbons (Fsp3) is 0.556. The maximum absolute atomic E-state index is 7.89. The average Bonchev–Trinajstić information content (AvgIpc) is 2.91. The molecule has 2 atom stereocenters. The highest BCUT2D eigenvalue weighted by atomic mass is 16.5. The van der Waals surface area contributed by atoms with Crippen LogP contribution >= 0.6 is 0 Å². The van der Waals surface area contributed by atoms with E-state index in [0.29, 0.717) is 17.7 Å². The van der Waals surface area contributed by atoms with Crippen molar-refractivity contribution >= 4 is 23.3 Å². The van der Waals surface area contributed by atoms with Crippen LogP contribution in [0.3, 0.4) is 0 Å². The Balaban J connectivity index is 2.09. The summed E-state index contributed by atoms with van der Waals surface area (Å²) in [5.74, 6) is 1.43. The van der Waals surface area contributed by atoms with Crippen LogP contribution in [0.1, 0.15) is 57.1 Å². The van der Waals surface area contributed by atoms with Crippen molar-refractivity contribution in [1.82, 2.24) is 14.5 Å². The second-order valence-corrected chi connectivity index (χ2v) is 7.20. The molecule has 25 heavy (non-hydrogen) atoms. The van der Waals surface area contributed by atoms with Gasteiger partial charge in [0.1, 0.15) is 17.0 Å². The predicted molar refractivity (Wildman–Crippen MR) is 98.2 cm³/mol. The maximum Gasteiger partial charge on any atom is 0.239 e. The van der Waals surface area contributed by atoms with Crippen molar-refractivity contribution in [1.29, 1.82) is 10.8 Å². The summed E-state index contributed by atoms with van der Waals surface area (Å²) in [7, 11) is 0. The van der Waals surface area contributed by atoms with Gasteiger partial charge in [0.15, 0.2) is 6.40 Å². The van der Waals surface area contributed by atoms with Crippen LogP contribution in [0.2, 0.25) is 0 Å². The third-order valence-corrected chi connectivity index (χ3v) is 4.70. The summed E-state index contributed by atoms with van der Waals surface area (Å²) >= 11 is 0. The summed E-state index contributed by atoms with van der Waals surface area (Å²) in [6, 6.07) is 2.40. The van der Waals surface area contributed by atoms with Gasteiger partial charge in [0.2, 0.25) is 5.90 Å². The molecule has 3 rings (SSSR count). The van der Waals surface area contributed by atoms with Crippen LogP contribution in [-0.4, -0.2) is 32.9 Å². The highest BCUT2D eigenvalue weighted by Crippen LogP contribution is 2.33. The molecule has 1 fully saturated rings. The zero-order chi connectivity index (χ0) is 18.0. The number of rotatable bonds is 5. The number of hydrogen-bond acceptors (Lipinski definition) is 6. The van der Waals surface area contributed by atoms with Gasteiger partial charge in [0.05, 0.1) is 11.7 Å². The van der Waals surface area contributed by atoms with Crippen molar-refractivity contribution in [3.8, 4) is 0 Å². The van der Waals surface area contributed by atoms with Crippen LogP contribution in [0.15, 0.2) is 12.3 Å². The standard InChI is InChI=1S/C18H26N6O/c1-11(2)6-17-23-15-9-22-14(18(21)25-10-19)8-16(15)24(17)13-5-3-4-12(20)7-13/h8-13,19,21H,3-7,20H2,1-2H3. The van der Waals surface area contributed by atoms with Crippen molar-refractivity contribution in [2.24, 2.45) is 11.7 Å². The van der Waals surface area contributed by atoms with Gasteiger partial charge in [0.25, 0.3) is 0 Å². The van der Waals surface area contributed by atoms with E-state index in [1.165, 1.54) is 0 Å². The molecule has 0 radical (unpaired) electrons. The van der Waals surface area contributed by atoms with Gasteiger partial charge in [-0.05, 0) is 37.7 Å². The second-order valence-electron chi connectivity index (χ2n) is 7.20. The number of pyridine rings is 1. The molecule has 4 N–H and O–H groups in total. The number of nitrogens with zero attached hydrogens (tertiary/aromatic N) is 3. The Hall–Kier alpha value is -2.28. The minimum Gasteiger partial charge on any atom is -0.426 e. The minimum atomic E-state index is -0.129. The summed E-state index contributed by atoms with van der Waals surface area (Å²) in [6.45, 7) is 4.38. The first kappa shape index (κ1) is 17.5. The number of nitrogens with one attached hydrogen (secondary N) is 2. The summed E-state index contributed by atoms with van der Waals surface area (Å²) in [5.41, 5.74) is 8.43. The second kappa shape index (κ2) is 7.31. The smallest absolute Gasteiger partial charge is 0.239 e. The molecule has 0 aromatic carbocycles. The van der Waals surface area contributed by atoms with Gasteiger partial charge in [-0.15, -0.1) is 0 Å². The summed E-state index contributed by atoms with van der Waals surface area (Å²) < 4.78 is 7.17. The summed E-state index contributed by atoms with van der Waals surface area (Å²) in [6.07, 6.45) is 7.57. The average molecular weight is 342 g/mol. The molecule has 2 unspecified atom stereocenters. The van der Waals surface area contributed by atoms with E-state index in [4.69, 9.17) is 26.3 Å². The van der Waals surface area contributed by atoms with Crippen molar-refractivity contribution < 1.29 is 4.74 Å². The molecule has 1 aliphatic carbocycles. The molecule has 0 aliphatic heterocycles. The number of nitrogens with two attached hydrogens (primary N) is 1. The zero-order valence-corrected chi connectivity index (χ0v) is 14.8. The van der Waals surface area contributed by atoms with Crippen LogP contribution in [0.5, 0.6) is 0 Å². The Morgan fingerprint density at radius 2 is 2.28 bits per heavy atom. The molecule has 1 aliphatic rings. The van der Waals surface area contributed by atoms with Crippen molar-refractivity contribution in [2.75, 3.05) is 0 Å². The van der Waals surface area contributed by atoms with Gasteiger partial charge in [-0.2, -0.15) is 0 Å². The highest BCUT2D eigenvalue weighted by molar-refractivity contribution is 5.96. The van der Waals surface area contributed by atoms with E-state index in [0.717, 1.165) is 55.4 Å². The SMILES string of the molecule is CC(C)Cc1nc2cnc(C(=N)OC=N)cc2n1C1CCCC(N)C1. The lowest BCUT2D eigenvalue weighted by atomic mass is 9.91. The van der Waals surface area contributed by atoms with Crippen molar-refractivity contribution in [3.63, 3.8) is 0 Å². The number of ether oxygens (including phenoxy) is 1. The first-order valence-corrected chi connectivity index (χ1v) is 8.86. The number of aromatic nitrogens is 3. The van der Waals surface area contributed by atoms with Gasteiger partial charge < -0.3 is 15.0 Å². The van der Waals surface area contributed by atoms with E-state index in [9.17, 15) is 0 Å². The Kier molecular flexibility index (Phi) is 5.13. The summed E-state index contributed by atoms with van der Waals surface area (Å²) in [4.78, 5) is 9.07. The first-order chi connectivity index (χ1) is 12.0. The van der Waals surface area contributed by atoms with E-state index in [1.807, 2.05) is 6.07 Å².